The number of thiophene rings is 1. The van der Waals surface area contributed by atoms with E-state index < -0.39 is 0 Å². The largest absolute Gasteiger partial charge is 0.462 e. The molecule has 3 heterocycles. The predicted molar refractivity (Wildman–Crippen MR) is 101 cm³/mol. The third-order valence-electron chi connectivity index (χ3n) is 3.98. The lowest BCUT2D eigenvalue weighted by atomic mass is 10.2. The van der Waals surface area contributed by atoms with Gasteiger partial charge in [0.05, 0.1) is 18.5 Å². The second kappa shape index (κ2) is 7.36. The van der Waals surface area contributed by atoms with Gasteiger partial charge in [-0.25, -0.2) is 14.8 Å². The number of esters is 1. The van der Waals surface area contributed by atoms with E-state index in [0.29, 0.717) is 29.7 Å². The zero-order chi connectivity index (χ0) is 18.8. The summed E-state index contributed by atoms with van der Waals surface area (Å²) in [5, 5.41) is 12.3. The third-order valence-corrected chi connectivity index (χ3v) is 5.15. The molecule has 0 aliphatic heterocycles. The summed E-state index contributed by atoms with van der Waals surface area (Å²) in [6.45, 7) is 10.5. The van der Waals surface area contributed by atoms with Gasteiger partial charge < -0.3 is 14.6 Å². The van der Waals surface area contributed by atoms with Crippen LogP contribution < -0.4 is 5.32 Å². The average Bonchev–Trinajstić information content (AvgIpc) is 3.17. The summed E-state index contributed by atoms with van der Waals surface area (Å²) in [6.07, 6.45) is 1.72. The second-order valence-corrected chi connectivity index (χ2v) is 7.18. The molecule has 8 nitrogen and oxygen atoms in total. The van der Waals surface area contributed by atoms with Gasteiger partial charge in [-0.3, -0.25) is 0 Å². The molecular weight excluding hydrogens is 352 g/mol. The normalized spacial score (nSPS) is 11.3. The number of rotatable bonds is 6. The van der Waals surface area contributed by atoms with E-state index >= 15 is 0 Å². The number of aryl methyl sites for hydroxylation is 2. The van der Waals surface area contributed by atoms with Crippen LogP contribution in [0.3, 0.4) is 0 Å². The molecule has 26 heavy (non-hydrogen) atoms. The fraction of sp³-hybridized carbons (Fsp3) is 0.471. The molecule has 0 bridgehead atoms. The maximum absolute atomic E-state index is 12.2. The fourth-order valence-electron chi connectivity index (χ4n) is 2.75. The minimum Gasteiger partial charge on any atom is -0.462 e. The quantitative estimate of drug-likeness (QED) is 0.662. The van der Waals surface area contributed by atoms with E-state index in [4.69, 9.17) is 4.74 Å². The fourth-order valence-corrected chi connectivity index (χ4v) is 3.87. The highest BCUT2D eigenvalue weighted by Crippen LogP contribution is 2.34. The molecule has 0 spiro atoms. The van der Waals surface area contributed by atoms with Crippen LogP contribution in [-0.4, -0.2) is 37.3 Å². The van der Waals surface area contributed by atoms with Gasteiger partial charge in [-0.15, -0.1) is 21.5 Å². The van der Waals surface area contributed by atoms with E-state index in [0.717, 1.165) is 21.6 Å². The highest BCUT2D eigenvalue weighted by molar-refractivity contribution is 7.20. The monoisotopic (exact) mass is 374 g/mol. The van der Waals surface area contributed by atoms with Gasteiger partial charge in [0.1, 0.15) is 27.7 Å². The number of hydrogen-bond acceptors (Lipinski definition) is 8. The Morgan fingerprint density at radius 3 is 2.81 bits per heavy atom. The molecule has 0 aliphatic rings. The molecule has 0 amide bonds. The van der Waals surface area contributed by atoms with Gasteiger partial charge in [-0.05, 0) is 40.2 Å². The summed E-state index contributed by atoms with van der Waals surface area (Å²) in [5.74, 6) is 1.83. The lowest BCUT2D eigenvalue weighted by molar-refractivity contribution is 0.0531. The summed E-state index contributed by atoms with van der Waals surface area (Å²) in [4.78, 5) is 22.5. The number of nitrogens with one attached hydrogen (secondary N) is 1. The third kappa shape index (κ3) is 3.39. The van der Waals surface area contributed by atoms with Crippen LogP contribution in [0.25, 0.3) is 10.2 Å². The summed E-state index contributed by atoms with van der Waals surface area (Å²) < 4.78 is 7.15. The molecule has 3 rings (SSSR count). The first kappa shape index (κ1) is 18.2. The summed E-state index contributed by atoms with van der Waals surface area (Å²) in [5.41, 5.74) is 0.830. The first-order chi connectivity index (χ1) is 12.4. The first-order valence-electron chi connectivity index (χ1n) is 8.49. The lowest BCUT2D eigenvalue weighted by Gasteiger charge is -2.12. The van der Waals surface area contributed by atoms with Gasteiger partial charge in [-0.2, -0.15) is 0 Å². The molecule has 0 radical (unpaired) electrons. The van der Waals surface area contributed by atoms with E-state index in [2.05, 4.69) is 39.3 Å². The number of anilines is 1. The zero-order valence-electron chi connectivity index (χ0n) is 15.5. The van der Waals surface area contributed by atoms with Crippen LogP contribution in [0.1, 0.15) is 53.7 Å². The topological polar surface area (TPSA) is 94.8 Å². The van der Waals surface area contributed by atoms with Crippen LogP contribution in [-0.2, 0) is 11.3 Å². The molecule has 9 heteroatoms. The molecule has 138 valence electrons. The van der Waals surface area contributed by atoms with Crippen molar-refractivity contribution in [2.75, 3.05) is 11.9 Å². The minimum absolute atomic E-state index is 0.271. The van der Waals surface area contributed by atoms with Crippen molar-refractivity contribution in [3.05, 3.63) is 28.4 Å². The number of nitrogens with zero attached hydrogens (tertiary/aromatic N) is 5. The number of fused-ring (bicyclic) bond motifs is 1. The molecule has 0 saturated heterocycles. The van der Waals surface area contributed by atoms with Crippen molar-refractivity contribution in [3.63, 3.8) is 0 Å². The molecular formula is C17H22N6O2S. The Kier molecular flexibility index (Phi) is 5.17. The van der Waals surface area contributed by atoms with Crippen molar-refractivity contribution in [2.45, 2.75) is 47.2 Å². The maximum atomic E-state index is 12.2. The first-order valence-corrected chi connectivity index (χ1v) is 9.31. The van der Waals surface area contributed by atoms with E-state index in [-0.39, 0.29) is 12.0 Å². The Bertz CT molecular complexity index is 946. The van der Waals surface area contributed by atoms with Crippen molar-refractivity contribution in [1.82, 2.24) is 24.7 Å². The van der Waals surface area contributed by atoms with Crippen molar-refractivity contribution >= 4 is 33.3 Å². The molecule has 3 aromatic heterocycles. The highest BCUT2D eigenvalue weighted by atomic mass is 32.1. The summed E-state index contributed by atoms with van der Waals surface area (Å²) in [6, 6.07) is 0.271. The van der Waals surface area contributed by atoms with Crippen LogP contribution in [0.2, 0.25) is 0 Å². The minimum atomic E-state index is -0.323. The number of carbonyl (C=O) groups is 1. The van der Waals surface area contributed by atoms with Crippen molar-refractivity contribution < 1.29 is 9.53 Å². The Balaban J connectivity index is 1.97. The van der Waals surface area contributed by atoms with Crippen LogP contribution in [0.5, 0.6) is 0 Å². The molecule has 0 aromatic carbocycles. The van der Waals surface area contributed by atoms with E-state index in [9.17, 15) is 4.79 Å². The van der Waals surface area contributed by atoms with Crippen LogP contribution in [0.4, 0.5) is 5.82 Å². The highest BCUT2D eigenvalue weighted by Gasteiger charge is 2.21. The predicted octanol–water partition coefficient (Wildman–Crippen LogP) is 3.27. The Labute approximate surface area is 155 Å². The molecule has 0 fully saturated rings. The Morgan fingerprint density at radius 1 is 1.35 bits per heavy atom. The zero-order valence-corrected chi connectivity index (χ0v) is 16.3. The number of aromatic nitrogens is 5. The van der Waals surface area contributed by atoms with Crippen LogP contribution >= 0.6 is 11.3 Å². The SMILES string of the molecule is CCOC(=O)c1sc2nc(C)nc(NCc3nncn3C(C)C)c2c1C. The second-order valence-electron chi connectivity index (χ2n) is 6.18. The molecule has 3 aromatic rings. The number of hydrogen-bond donors (Lipinski definition) is 1. The van der Waals surface area contributed by atoms with Crippen molar-refractivity contribution in [3.8, 4) is 0 Å². The smallest absolute Gasteiger partial charge is 0.348 e. The van der Waals surface area contributed by atoms with Crippen molar-refractivity contribution in [1.29, 1.82) is 0 Å². The number of ether oxygens (including phenoxy) is 1. The molecule has 0 unspecified atom stereocenters. The molecule has 0 aliphatic carbocycles. The van der Waals surface area contributed by atoms with E-state index in [1.54, 1.807) is 13.3 Å². The molecule has 0 saturated carbocycles. The molecule has 1 N–H and O–H groups in total. The lowest BCUT2D eigenvalue weighted by Crippen LogP contribution is -2.11. The van der Waals surface area contributed by atoms with Crippen LogP contribution in [0, 0.1) is 13.8 Å². The Hall–Kier alpha value is -2.55. The molecule has 0 atom stereocenters. The van der Waals surface area contributed by atoms with Crippen LogP contribution in [0.15, 0.2) is 6.33 Å². The standard InChI is InChI=1S/C17H22N6O2S/c1-6-25-17(24)14-10(4)13-15(20-11(5)21-16(13)26-14)18-7-12-22-19-8-23(12)9(2)3/h8-9H,6-7H2,1-5H3,(H,18,20,21). The van der Waals surface area contributed by atoms with Gasteiger partial charge in [0.15, 0.2) is 5.82 Å². The van der Waals surface area contributed by atoms with Crippen molar-refractivity contribution in [2.24, 2.45) is 0 Å². The Morgan fingerprint density at radius 2 is 2.12 bits per heavy atom. The van der Waals surface area contributed by atoms with Gasteiger partial charge in [0.25, 0.3) is 0 Å². The summed E-state index contributed by atoms with van der Waals surface area (Å²) >= 11 is 1.33. The average molecular weight is 374 g/mol. The maximum Gasteiger partial charge on any atom is 0.348 e. The van der Waals surface area contributed by atoms with Gasteiger partial charge >= 0.3 is 5.97 Å². The van der Waals surface area contributed by atoms with E-state index in [1.807, 2.05) is 18.4 Å². The number of carbonyl (C=O) groups excluding carboxylic acids is 1. The summed E-state index contributed by atoms with van der Waals surface area (Å²) in [7, 11) is 0. The van der Waals surface area contributed by atoms with Gasteiger partial charge in [0.2, 0.25) is 0 Å². The van der Waals surface area contributed by atoms with Gasteiger partial charge in [0, 0.05) is 6.04 Å². The van der Waals surface area contributed by atoms with E-state index in [1.165, 1.54) is 11.3 Å². The van der Waals surface area contributed by atoms with Gasteiger partial charge in [-0.1, -0.05) is 0 Å².